The van der Waals surface area contributed by atoms with Crippen LogP contribution in [0.25, 0.3) is 10.9 Å². The highest BCUT2D eigenvalue weighted by Crippen LogP contribution is 2.21. The normalized spacial score (nSPS) is 10.7. The van der Waals surface area contributed by atoms with Crippen LogP contribution in [0.3, 0.4) is 0 Å². The molecule has 3 N–H and O–H groups in total. The van der Waals surface area contributed by atoms with Crippen LogP contribution >= 0.6 is 0 Å². The molecule has 0 spiro atoms. The molecule has 2 heterocycles. The molecule has 2 aromatic carbocycles. The van der Waals surface area contributed by atoms with Crippen molar-refractivity contribution in [3.8, 4) is 0 Å². The van der Waals surface area contributed by atoms with E-state index in [4.69, 9.17) is 4.74 Å². The maximum Gasteiger partial charge on any atom is 0.339 e. The predicted molar refractivity (Wildman–Crippen MR) is 114 cm³/mol. The van der Waals surface area contributed by atoms with E-state index >= 15 is 0 Å². The predicted octanol–water partition coefficient (Wildman–Crippen LogP) is 4.14. The standard InChI is InChI=1S/C22H21N5O2/c1-29-21(28)17-7-3-5-9-19(17)26-22-24-13-11-20(27-22)23-12-10-15-14-25-18-8-4-2-6-16(15)18/h2-9,11,13-14,25H,10,12H2,1H3,(H2,23,24,26,27). The first-order valence-electron chi connectivity index (χ1n) is 9.31. The second-order valence-corrected chi connectivity index (χ2v) is 6.46. The second kappa shape index (κ2) is 8.43. The molecular formula is C22H21N5O2. The Morgan fingerprint density at radius 2 is 1.93 bits per heavy atom. The van der Waals surface area contributed by atoms with Crippen LogP contribution < -0.4 is 10.6 Å². The van der Waals surface area contributed by atoms with Crippen molar-refractivity contribution in [1.29, 1.82) is 0 Å². The van der Waals surface area contributed by atoms with Gasteiger partial charge < -0.3 is 20.4 Å². The molecule has 0 unspecified atom stereocenters. The maximum atomic E-state index is 11.9. The van der Waals surface area contributed by atoms with Crippen LogP contribution in [-0.4, -0.2) is 34.6 Å². The van der Waals surface area contributed by atoms with E-state index in [0.717, 1.165) is 18.5 Å². The van der Waals surface area contributed by atoms with Gasteiger partial charge in [0.25, 0.3) is 0 Å². The number of aromatic nitrogens is 3. The number of H-pyrrole nitrogens is 1. The Labute approximate surface area is 168 Å². The first-order valence-corrected chi connectivity index (χ1v) is 9.31. The van der Waals surface area contributed by atoms with E-state index in [1.54, 1.807) is 24.4 Å². The third-order valence-corrected chi connectivity index (χ3v) is 4.61. The van der Waals surface area contributed by atoms with Crippen molar-refractivity contribution in [1.82, 2.24) is 15.0 Å². The molecule has 0 amide bonds. The number of aromatic amines is 1. The lowest BCUT2D eigenvalue weighted by Crippen LogP contribution is -2.09. The number of fused-ring (bicyclic) bond motifs is 1. The Morgan fingerprint density at radius 3 is 2.83 bits per heavy atom. The Morgan fingerprint density at radius 1 is 1.10 bits per heavy atom. The summed E-state index contributed by atoms with van der Waals surface area (Å²) in [4.78, 5) is 23.9. The number of benzene rings is 2. The smallest absolute Gasteiger partial charge is 0.339 e. The molecule has 0 saturated carbocycles. The minimum atomic E-state index is -0.416. The van der Waals surface area contributed by atoms with E-state index in [2.05, 4.69) is 37.7 Å². The lowest BCUT2D eigenvalue weighted by Gasteiger charge is -2.11. The summed E-state index contributed by atoms with van der Waals surface area (Å²) < 4.78 is 4.82. The molecule has 0 atom stereocenters. The van der Waals surface area contributed by atoms with Gasteiger partial charge >= 0.3 is 5.97 Å². The molecule has 2 aromatic heterocycles. The van der Waals surface area contributed by atoms with Gasteiger partial charge in [0.15, 0.2) is 0 Å². The monoisotopic (exact) mass is 387 g/mol. The molecule has 0 saturated heterocycles. The number of para-hydroxylation sites is 2. The summed E-state index contributed by atoms with van der Waals surface area (Å²) in [6, 6.07) is 17.2. The highest BCUT2D eigenvalue weighted by Gasteiger charge is 2.12. The van der Waals surface area contributed by atoms with Crippen LogP contribution in [0.1, 0.15) is 15.9 Å². The summed E-state index contributed by atoms with van der Waals surface area (Å²) in [5.41, 5.74) is 3.42. The quantitative estimate of drug-likeness (QED) is 0.413. The minimum absolute atomic E-state index is 0.401. The molecule has 0 fully saturated rings. The van der Waals surface area contributed by atoms with Crippen molar-refractivity contribution < 1.29 is 9.53 Å². The van der Waals surface area contributed by atoms with Crippen LogP contribution in [0, 0.1) is 0 Å². The number of rotatable bonds is 7. The van der Waals surface area contributed by atoms with Gasteiger partial charge in [0.05, 0.1) is 18.4 Å². The summed E-state index contributed by atoms with van der Waals surface area (Å²) in [7, 11) is 1.36. The van der Waals surface area contributed by atoms with Crippen molar-refractivity contribution in [2.45, 2.75) is 6.42 Å². The third kappa shape index (κ3) is 4.19. The second-order valence-electron chi connectivity index (χ2n) is 6.46. The lowest BCUT2D eigenvalue weighted by atomic mass is 10.1. The van der Waals surface area contributed by atoms with Gasteiger partial charge in [0.1, 0.15) is 5.82 Å². The van der Waals surface area contributed by atoms with Crippen molar-refractivity contribution in [3.05, 3.63) is 78.1 Å². The number of nitrogens with one attached hydrogen (secondary N) is 3. The number of carbonyl (C=O) groups is 1. The summed E-state index contributed by atoms with van der Waals surface area (Å²) in [6.07, 6.45) is 4.58. The summed E-state index contributed by atoms with van der Waals surface area (Å²) >= 11 is 0. The van der Waals surface area contributed by atoms with Gasteiger partial charge in [-0.2, -0.15) is 4.98 Å². The zero-order valence-electron chi connectivity index (χ0n) is 16.0. The average molecular weight is 387 g/mol. The van der Waals surface area contributed by atoms with Crippen LogP contribution in [0.15, 0.2) is 67.0 Å². The summed E-state index contributed by atoms with van der Waals surface area (Å²) in [5.74, 6) is 0.692. The first-order chi connectivity index (χ1) is 14.2. The fourth-order valence-corrected chi connectivity index (χ4v) is 3.18. The van der Waals surface area contributed by atoms with E-state index < -0.39 is 5.97 Å². The van der Waals surface area contributed by atoms with Crippen LogP contribution in [0.2, 0.25) is 0 Å². The van der Waals surface area contributed by atoms with E-state index in [1.165, 1.54) is 18.1 Å². The van der Waals surface area contributed by atoms with Gasteiger partial charge in [-0.25, -0.2) is 9.78 Å². The zero-order chi connectivity index (χ0) is 20.1. The molecule has 0 bridgehead atoms. The molecule has 7 nitrogen and oxygen atoms in total. The van der Waals surface area contributed by atoms with Gasteiger partial charge in [0, 0.05) is 29.8 Å². The Bertz CT molecular complexity index is 1140. The number of carbonyl (C=O) groups excluding carboxylic acids is 1. The molecule has 146 valence electrons. The van der Waals surface area contributed by atoms with Gasteiger partial charge in [-0.1, -0.05) is 30.3 Å². The first kappa shape index (κ1) is 18.5. The summed E-state index contributed by atoms with van der Waals surface area (Å²) in [5, 5.41) is 7.65. The zero-order valence-corrected chi connectivity index (χ0v) is 16.0. The highest BCUT2D eigenvalue weighted by molar-refractivity contribution is 5.96. The Hall–Kier alpha value is -3.87. The number of methoxy groups -OCH3 is 1. The number of nitrogens with zero attached hydrogens (tertiary/aromatic N) is 2. The summed E-state index contributed by atoms with van der Waals surface area (Å²) in [6.45, 7) is 0.733. The van der Waals surface area contributed by atoms with Crippen LogP contribution in [0.5, 0.6) is 0 Å². The third-order valence-electron chi connectivity index (χ3n) is 4.61. The molecule has 0 aliphatic rings. The molecule has 4 aromatic rings. The van der Waals surface area contributed by atoms with Gasteiger partial charge in [0.2, 0.25) is 5.95 Å². The van der Waals surface area contributed by atoms with E-state index in [0.29, 0.717) is 23.0 Å². The highest BCUT2D eigenvalue weighted by atomic mass is 16.5. The van der Waals surface area contributed by atoms with Crippen LogP contribution in [-0.2, 0) is 11.2 Å². The topological polar surface area (TPSA) is 91.9 Å². The molecule has 0 aliphatic heterocycles. The fourth-order valence-electron chi connectivity index (χ4n) is 3.18. The molecule has 7 heteroatoms. The Kier molecular flexibility index (Phi) is 5.38. The van der Waals surface area contributed by atoms with Crippen molar-refractivity contribution in [2.75, 3.05) is 24.3 Å². The van der Waals surface area contributed by atoms with E-state index in [-0.39, 0.29) is 0 Å². The van der Waals surface area contributed by atoms with Crippen molar-refractivity contribution in [3.63, 3.8) is 0 Å². The Balaban J connectivity index is 1.42. The molecule has 29 heavy (non-hydrogen) atoms. The lowest BCUT2D eigenvalue weighted by molar-refractivity contribution is 0.0602. The largest absolute Gasteiger partial charge is 0.465 e. The molecular weight excluding hydrogens is 366 g/mol. The van der Waals surface area contributed by atoms with Crippen molar-refractivity contribution >= 4 is 34.3 Å². The van der Waals surface area contributed by atoms with Crippen molar-refractivity contribution in [2.24, 2.45) is 0 Å². The van der Waals surface area contributed by atoms with Crippen LogP contribution in [0.4, 0.5) is 17.5 Å². The van der Waals surface area contributed by atoms with Gasteiger partial charge in [-0.3, -0.25) is 0 Å². The number of anilines is 3. The molecule has 0 radical (unpaired) electrons. The molecule has 0 aliphatic carbocycles. The number of ether oxygens (including phenoxy) is 1. The maximum absolute atomic E-state index is 11.9. The van der Waals surface area contributed by atoms with Gasteiger partial charge in [-0.15, -0.1) is 0 Å². The number of hydrogen-bond acceptors (Lipinski definition) is 6. The van der Waals surface area contributed by atoms with Gasteiger partial charge in [-0.05, 0) is 36.2 Å². The molecule has 4 rings (SSSR count). The number of esters is 1. The number of hydrogen-bond donors (Lipinski definition) is 3. The average Bonchev–Trinajstić information content (AvgIpc) is 3.17. The SMILES string of the molecule is COC(=O)c1ccccc1Nc1nccc(NCCc2c[nH]c3ccccc23)n1. The fraction of sp³-hybridized carbons (Fsp3) is 0.136. The van der Waals surface area contributed by atoms with E-state index in [1.807, 2.05) is 30.5 Å². The minimum Gasteiger partial charge on any atom is -0.465 e. The van der Waals surface area contributed by atoms with E-state index in [9.17, 15) is 4.79 Å².